The van der Waals surface area contributed by atoms with Crippen molar-refractivity contribution in [2.24, 2.45) is 0 Å². The van der Waals surface area contributed by atoms with Crippen LogP contribution in [0.5, 0.6) is 11.5 Å². The van der Waals surface area contributed by atoms with Gasteiger partial charge in [-0.15, -0.1) is 0 Å². The number of carbonyl (C=O) groups is 1. The molecule has 0 spiro atoms. The van der Waals surface area contributed by atoms with E-state index < -0.39 is 0 Å². The van der Waals surface area contributed by atoms with E-state index >= 15 is 0 Å². The van der Waals surface area contributed by atoms with Crippen molar-refractivity contribution < 1.29 is 14.3 Å². The average Bonchev–Trinajstić information content (AvgIpc) is 2.44. The first-order valence-corrected chi connectivity index (χ1v) is 7.67. The molecule has 2 N–H and O–H groups in total. The number of amides is 1. The zero-order valence-corrected chi connectivity index (χ0v) is 14.3. The number of nitrogens with one attached hydrogen (secondary N) is 2. The number of rotatable bonds is 8. The van der Waals surface area contributed by atoms with Gasteiger partial charge in [0.15, 0.2) is 18.1 Å². The van der Waals surface area contributed by atoms with Gasteiger partial charge in [-0.25, -0.2) is 0 Å². The zero-order chi connectivity index (χ0) is 16.6. The number of para-hydroxylation sites is 1. The Morgan fingerprint density at radius 2 is 2.00 bits per heavy atom. The molecule has 1 aromatic rings. The van der Waals surface area contributed by atoms with Crippen LogP contribution in [0.15, 0.2) is 18.2 Å². The molecule has 0 aromatic heterocycles. The van der Waals surface area contributed by atoms with E-state index in [0.717, 1.165) is 18.5 Å². The first-order chi connectivity index (χ1) is 10.4. The van der Waals surface area contributed by atoms with E-state index in [2.05, 4.69) is 17.6 Å². The normalized spacial score (nSPS) is 11.1. The summed E-state index contributed by atoms with van der Waals surface area (Å²) in [5.41, 5.74) is 0.712. The summed E-state index contributed by atoms with van der Waals surface area (Å²) in [5.74, 6) is 1.11. The van der Waals surface area contributed by atoms with E-state index in [0.29, 0.717) is 18.0 Å². The third-order valence-corrected chi connectivity index (χ3v) is 2.88. The van der Waals surface area contributed by atoms with Crippen LogP contribution in [0.3, 0.4) is 0 Å². The molecule has 0 atom stereocenters. The predicted octanol–water partition coefficient (Wildman–Crippen LogP) is 2.49. The molecule has 1 rings (SSSR count). The van der Waals surface area contributed by atoms with E-state index in [1.807, 2.05) is 39.0 Å². The number of carbonyl (C=O) groups excluding carboxylic acids is 1. The third-order valence-electron chi connectivity index (χ3n) is 2.88. The van der Waals surface area contributed by atoms with Gasteiger partial charge in [-0.05, 0) is 39.8 Å². The molecule has 124 valence electrons. The lowest BCUT2D eigenvalue weighted by atomic mass is 10.1. The summed E-state index contributed by atoms with van der Waals surface area (Å²) in [6, 6.07) is 5.73. The van der Waals surface area contributed by atoms with Gasteiger partial charge in [-0.3, -0.25) is 4.79 Å². The monoisotopic (exact) mass is 308 g/mol. The van der Waals surface area contributed by atoms with E-state index in [1.165, 1.54) is 0 Å². The Hall–Kier alpha value is -1.75. The Morgan fingerprint density at radius 1 is 1.27 bits per heavy atom. The minimum absolute atomic E-state index is 0.0293. The average molecular weight is 308 g/mol. The number of hydrogen-bond acceptors (Lipinski definition) is 4. The molecular formula is C17H28N2O3. The zero-order valence-electron chi connectivity index (χ0n) is 14.3. The maximum atomic E-state index is 11.9. The molecular weight excluding hydrogens is 280 g/mol. The molecule has 0 fully saturated rings. The van der Waals surface area contributed by atoms with Gasteiger partial charge in [-0.1, -0.05) is 19.1 Å². The lowest BCUT2D eigenvalue weighted by molar-refractivity contribution is -0.124. The van der Waals surface area contributed by atoms with E-state index in [4.69, 9.17) is 9.47 Å². The Kier molecular flexibility index (Phi) is 7.18. The van der Waals surface area contributed by atoms with Gasteiger partial charge in [0.25, 0.3) is 5.91 Å². The quantitative estimate of drug-likeness (QED) is 0.724. The Balaban J connectivity index is 2.76. The second-order valence-corrected chi connectivity index (χ2v) is 6.21. The van der Waals surface area contributed by atoms with Gasteiger partial charge in [0.2, 0.25) is 0 Å². The molecule has 22 heavy (non-hydrogen) atoms. The highest BCUT2D eigenvalue weighted by Gasteiger charge is 2.16. The number of ether oxygens (including phenoxy) is 2. The first-order valence-electron chi connectivity index (χ1n) is 7.67. The number of methoxy groups -OCH3 is 1. The smallest absolute Gasteiger partial charge is 0.258 e. The number of benzene rings is 1. The molecule has 5 nitrogen and oxygen atoms in total. The highest BCUT2D eigenvalue weighted by molar-refractivity contribution is 5.78. The highest BCUT2D eigenvalue weighted by Crippen LogP contribution is 2.31. The Bertz CT molecular complexity index is 481. The summed E-state index contributed by atoms with van der Waals surface area (Å²) < 4.78 is 11.1. The maximum Gasteiger partial charge on any atom is 0.258 e. The van der Waals surface area contributed by atoms with Gasteiger partial charge in [-0.2, -0.15) is 0 Å². The molecule has 0 saturated carbocycles. The largest absolute Gasteiger partial charge is 0.493 e. The van der Waals surface area contributed by atoms with Crippen molar-refractivity contribution in [3.8, 4) is 11.5 Å². The minimum Gasteiger partial charge on any atom is -0.493 e. The fourth-order valence-electron chi connectivity index (χ4n) is 2.02. The van der Waals surface area contributed by atoms with Crippen LogP contribution in [0, 0.1) is 0 Å². The van der Waals surface area contributed by atoms with Gasteiger partial charge in [0.1, 0.15) is 0 Å². The van der Waals surface area contributed by atoms with Crippen molar-refractivity contribution in [1.82, 2.24) is 10.6 Å². The van der Waals surface area contributed by atoms with Crippen LogP contribution in [0.1, 0.15) is 39.7 Å². The van der Waals surface area contributed by atoms with Crippen molar-refractivity contribution in [2.75, 3.05) is 20.3 Å². The highest BCUT2D eigenvalue weighted by atomic mass is 16.5. The second kappa shape index (κ2) is 8.63. The van der Waals surface area contributed by atoms with Crippen LogP contribution in [-0.2, 0) is 11.3 Å². The summed E-state index contributed by atoms with van der Waals surface area (Å²) in [4.78, 5) is 11.9. The van der Waals surface area contributed by atoms with Gasteiger partial charge in [0.05, 0.1) is 7.11 Å². The van der Waals surface area contributed by atoms with Crippen molar-refractivity contribution in [3.63, 3.8) is 0 Å². The third kappa shape index (κ3) is 6.35. The minimum atomic E-state index is -0.271. The SMILES string of the molecule is CCCNCc1cccc(OC)c1OCC(=O)NC(C)(C)C. The van der Waals surface area contributed by atoms with Gasteiger partial charge in [0, 0.05) is 17.6 Å². The molecule has 1 amide bonds. The van der Waals surface area contributed by atoms with Crippen LogP contribution in [0.25, 0.3) is 0 Å². The molecule has 0 unspecified atom stereocenters. The van der Waals surface area contributed by atoms with Crippen LogP contribution >= 0.6 is 0 Å². The molecule has 0 aliphatic rings. The van der Waals surface area contributed by atoms with Crippen molar-refractivity contribution in [1.29, 1.82) is 0 Å². The van der Waals surface area contributed by atoms with Crippen molar-refractivity contribution in [3.05, 3.63) is 23.8 Å². The number of hydrogen-bond donors (Lipinski definition) is 2. The van der Waals surface area contributed by atoms with Crippen molar-refractivity contribution in [2.45, 2.75) is 46.2 Å². The maximum absolute atomic E-state index is 11.9. The predicted molar refractivity (Wildman–Crippen MR) is 88.4 cm³/mol. The lowest BCUT2D eigenvalue weighted by Crippen LogP contribution is -2.43. The molecule has 0 saturated heterocycles. The van der Waals surface area contributed by atoms with Gasteiger partial charge < -0.3 is 20.1 Å². The van der Waals surface area contributed by atoms with Crippen molar-refractivity contribution >= 4 is 5.91 Å². The molecule has 0 bridgehead atoms. The Morgan fingerprint density at radius 3 is 2.59 bits per heavy atom. The van der Waals surface area contributed by atoms with Crippen LogP contribution < -0.4 is 20.1 Å². The molecule has 0 radical (unpaired) electrons. The standard InChI is InChI=1S/C17H28N2O3/c1-6-10-18-11-13-8-7-9-14(21-5)16(13)22-12-15(20)19-17(2,3)4/h7-9,18H,6,10-12H2,1-5H3,(H,19,20). The topological polar surface area (TPSA) is 59.6 Å². The fraction of sp³-hybridized carbons (Fsp3) is 0.588. The first kappa shape index (κ1) is 18.3. The summed E-state index contributed by atoms with van der Waals surface area (Å²) in [6.45, 7) is 9.52. The van der Waals surface area contributed by atoms with Crippen LogP contribution in [0.4, 0.5) is 0 Å². The summed E-state index contributed by atoms with van der Waals surface area (Å²) in [6.07, 6.45) is 1.06. The van der Waals surface area contributed by atoms with Crippen LogP contribution in [0.2, 0.25) is 0 Å². The van der Waals surface area contributed by atoms with E-state index in [1.54, 1.807) is 7.11 Å². The molecule has 5 heteroatoms. The summed E-state index contributed by atoms with van der Waals surface area (Å²) in [5, 5.41) is 6.21. The molecule has 1 aromatic carbocycles. The second-order valence-electron chi connectivity index (χ2n) is 6.21. The van der Waals surface area contributed by atoms with Gasteiger partial charge >= 0.3 is 0 Å². The van der Waals surface area contributed by atoms with E-state index in [9.17, 15) is 4.79 Å². The molecule has 0 aliphatic carbocycles. The lowest BCUT2D eigenvalue weighted by Gasteiger charge is -2.21. The molecule has 0 aliphatic heterocycles. The summed E-state index contributed by atoms with van der Waals surface area (Å²) >= 11 is 0. The molecule has 0 heterocycles. The fourth-order valence-corrected chi connectivity index (χ4v) is 2.02. The van der Waals surface area contributed by atoms with E-state index in [-0.39, 0.29) is 18.1 Å². The summed E-state index contributed by atoms with van der Waals surface area (Å²) in [7, 11) is 1.60. The Labute approximate surface area is 133 Å². The van der Waals surface area contributed by atoms with Crippen LogP contribution in [-0.4, -0.2) is 31.7 Å².